The molecule has 0 N–H and O–H groups in total. The number of fused-ring (bicyclic) bond motifs is 1. The largest absolute Gasteiger partial charge is 0.466 e. The van der Waals surface area contributed by atoms with Gasteiger partial charge >= 0.3 is 5.97 Å². The van der Waals surface area contributed by atoms with Gasteiger partial charge in [0.25, 0.3) is 0 Å². The monoisotopic (exact) mass is 325 g/mol. The summed E-state index contributed by atoms with van der Waals surface area (Å²) in [6.07, 6.45) is 1.42. The number of aromatic nitrogens is 1. The third-order valence-corrected chi connectivity index (χ3v) is 4.04. The molecule has 0 unspecified atom stereocenters. The van der Waals surface area contributed by atoms with Crippen LogP contribution in [0.1, 0.15) is 24.5 Å². The molecule has 6 heteroatoms. The second-order valence-electron chi connectivity index (χ2n) is 5.10. The number of carbonyl (C=O) groups is 1. The van der Waals surface area contributed by atoms with E-state index >= 15 is 0 Å². The number of rotatable bonds is 6. The number of aryl methyl sites for hydroxylation is 3. The number of halogens is 1. The van der Waals surface area contributed by atoms with Crippen molar-refractivity contribution in [3.63, 3.8) is 0 Å². The zero-order valence-corrected chi connectivity index (χ0v) is 14.0. The van der Waals surface area contributed by atoms with Crippen LogP contribution < -0.4 is 4.89 Å². The van der Waals surface area contributed by atoms with Gasteiger partial charge in [-0.1, -0.05) is 17.7 Å². The molecule has 0 aliphatic heterocycles. The van der Waals surface area contributed by atoms with Crippen molar-refractivity contribution < 1.29 is 19.3 Å². The summed E-state index contributed by atoms with van der Waals surface area (Å²) in [5.74, 6) is 0.375. The predicted molar refractivity (Wildman–Crippen MR) is 85.3 cm³/mol. The van der Waals surface area contributed by atoms with Crippen LogP contribution in [-0.4, -0.2) is 24.3 Å². The Balaban J connectivity index is 2.39. The van der Waals surface area contributed by atoms with Crippen LogP contribution in [0.25, 0.3) is 10.9 Å². The number of nitrogens with zero attached hydrogens (tertiary/aromatic N) is 1. The van der Waals surface area contributed by atoms with E-state index in [1.807, 2.05) is 30.7 Å². The summed E-state index contributed by atoms with van der Waals surface area (Å²) in [5, 5.41) is 1.78. The van der Waals surface area contributed by atoms with Crippen LogP contribution in [0.3, 0.4) is 0 Å². The first kappa shape index (κ1) is 16.6. The lowest BCUT2D eigenvalue weighted by Crippen LogP contribution is -2.03. The highest BCUT2D eigenvalue weighted by Gasteiger charge is 2.19. The average molecular weight is 326 g/mol. The van der Waals surface area contributed by atoms with E-state index in [0.29, 0.717) is 30.4 Å². The van der Waals surface area contributed by atoms with Gasteiger partial charge < -0.3 is 14.2 Å². The van der Waals surface area contributed by atoms with Crippen molar-refractivity contribution in [1.82, 2.24) is 4.57 Å². The molecule has 22 heavy (non-hydrogen) atoms. The standard InChI is InChI=1S/C16H20ClNO4/c1-10-14(17)8-7-12-13(6-5-9-21-11(2)19)16(22-20-4)18(3)15(10)12/h7-8H,5-6,9H2,1-4H3. The summed E-state index contributed by atoms with van der Waals surface area (Å²) in [5.41, 5.74) is 3.03. The van der Waals surface area contributed by atoms with Gasteiger partial charge in [0.1, 0.15) is 0 Å². The summed E-state index contributed by atoms with van der Waals surface area (Å²) in [6.45, 7) is 3.76. The fraction of sp³-hybridized carbons (Fsp3) is 0.438. The second-order valence-corrected chi connectivity index (χ2v) is 5.51. The van der Waals surface area contributed by atoms with E-state index in [9.17, 15) is 4.79 Å². The first-order chi connectivity index (χ1) is 10.5. The molecule has 0 aliphatic rings. The molecular weight excluding hydrogens is 306 g/mol. The summed E-state index contributed by atoms with van der Waals surface area (Å²) < 4.78 is 6.92. The quantitative estimate of drug-likeness (QED) is 0.352. The van der Waals surface area contributed by atoms with Crippen molar-refractivity contribution in [3.8, 4) is 5.88 Å². The van der Waals surface area contributed by atoms with Crippen molar-refractivity contribution in [1.29, 1.82) is 0 Å². The molecule has 2 aromatic rings. The molecule has 0 amide bonds. The smallest absolute Gasteiger partial charge is 0.302 e. The number of benzene rings is 1. The number of hydrogen-bond acceptors (Lipinski definition) is 4. The van der Waals surface area contributed by atoms with Gasteiger partial charge in [-0.3, -0.25) is 4.79 Å². The Morgan fingerprint density at radius 1 is 1.36 bits per heavy atom. The van der Waals surface area contributed by atoms with E-state index in [0.717, 1.165) is 22.0 Å². The van der Waals surface area contributed by atoms with E-state index in [4.69, 9.17) is 26.1 Å². The molecule has 0 saturated carbocycles. The van der Waals surface area contributed by atoms with Crippen molar-refractivity contribution in [2.24, 2.45) is 7.05 Å². The third kappa shape index (κ3) is 3.20. The number of esters is 1. The fourth-order valence-corrected chi connectivity index (χ4v) is 2.81. The molecule has 2 rings (SSSR count). The van der Waals surface area contributed by atoms with Gasteiger partial charge in [-0.15, -0.1) is 0 Å². The van der Waals surface area contributed by atoms with Gasteiger partial charge in [-0.25, -0.2) is 0 Å². The number of ether oxygens (including phenoxy) is 1. The maximum absolute atomic E-state index is 10.8. The Bertz CT molecular complexity index is 693. The van der Waals surface area contributed by atoms with E-state index in [1.165, 1.54) is 14.0 Å². The molecule has 0 spiro atoms. The molecule has 1 heterocycles. The lowest BCUT2D eigenvalue weighted by molar-refractivity contribution is -0.183. The highest BCUT2D eigenvalue weighted by molar-refractivity contribution is 6.32. The van der Waals surface area contributed by atoms with Crippen LogP contribution in [0.4, 0.5) is 0 Å². The van der Waals surface area contributed by atoms with Crippen molar-refractivity contribution in [3.05, 3.63) is 28.3 Å². The van der Waals surface area contributed by atoms with Gasteiger partial charge in [0, 0.05) is 29.9 Å². The van der Waals surface area contributed by atoms with Crippen molar-refractivity contribution in [2.45, 2.75) is 26.7 Å². The first-order valence-corrected chi connectivity index (χ1v) is 7.45. The Labute approximate surface area is 134 Å². The Morgan fingerprint density at radius 2 is 2.09 bits per heavy atom. The fourth-order valence-electron chi connectivity index (χ4n) is 2.66. The van der Waals surface area contributed by atoms with Crippen LogP contribution in [0.2, 0.25) is 5.02 Å². The molecule has 0 atom stereocenters. The topological polar surface area (TPSA) is 49.7 Å². The van der Waals surface area contributed by atoms with Gasteiger partial charge in [0.15, 0.2) is 0 Å². The van der Waals surface area contributed by atoms with E-state index < -0.39 is 0 Å². The Kier molecular flexibility index (Phi) is 5.32. The normalized spacial score (nSPS) is 11.0. The molecule has 120 valence electrons. The van der Waals surface area contributed by atoms with Crippen LogP contribution in [-0.2, 0) is 27.9 Å². The second kappa shape index (κ2) is 7.03. The Hall–Kier alpha value is -1.72. The predicted octanol–water partition coefficient (Wildman–Crippen LogP) is 3.58. The highest BCUT2D eigenvalue weighted by Crippen LogP contribution is 2.36. The van der Waals surface area contributed by atoms with E-state index in [-0.39, 0.29) is 5.97 Å². The van der Waals surface area contributed by atoms with Crippen LogP contribution in [0.15, 0.2) is 12.1 Å². The maximum atomic E-state index is 10.8. The zero-order valence-electron chi connectivity index (χ0n) is 13.2. The molecule has 0 bridgehead atoms. The summed E-state index contributed by atoms with van der Waals surface area (Å²) in [6, 6.07) is 3.86. The zero-order chi connectivity index (χ0) is 16.3. The number of carbonyl (C=O) groups excluding carboxylic acids is 1. The first-order valence-electron chi connectivity index (χ1n) is 7.07. The van der Waals surface area contributed by atoms with Crippen LogP contribution in [0, 0.1) is 6.92 Å². The van der Waals surface area contributed by atoms with E-state index in [2.05, 4.69) is 0 Å². The van der Waals surface area contributed by atoms with Gasteiger partial charge in [-0.2, -0.15) is 4.89 Å². The van der Waals surface area contributed by atoms with Gasteiger partial charge in [0.05, 0.1) is 19.2 Å². The average Bonchev–Trinajstić information content (AvgIpc) is 2.73. The molecule has 0 fully saturated rings. The van der Waals surface area contributed by atoms with Crippen molar-refractivity contribution >= 4 is 28.5 Å². The lowest BCUT2D eigenvalue weighted by Gasteiger charge is -2.07. The van der Waals surface area contributed by atoms with Gasteiger partial charge in [-0.05, 0) is 31.4 Å². The molecular formula is C16H20ClNO4. The Morgan fingerprint density at radius 3 is 2.73 bits per heavy atom. The molecule has 0 saturated heterocycles. The van der Waals surface area contributed by atoms with Crippen LogP contribution >= 0.6 is 11.6 Å². The summed E-state index contributed by atoms with van der Waals surface area (Å²) in [7, 11) is 3.38. The molecule has 5 nitrogen and oxygen atoms in total. The third-order valence-electron chi connectivity index (χ3n) is 3.63. The van der Waals surface area contributed by atoms with E-state index in [1.54, 1.807) is 0 Å². The lowest BCUT2D eigenvalue weighted by atomic mass is 10.1. The maximum Gasteiger partial charge on any atom is 0.302 e. The minimum atomic E-state index is -0.270. The molecule has 1 aromatic carbocycles. The van der Waals surface area contributed by atoms with Crippen molar-refractivity contribution in [2.75, 3.05) is 13.7 Å². The SMILES string of the molecule is COOc1c(CCCOC(C)=O)c2ccc(Cl)c(C)c2n1C. The number of hydrogen-bond donors (Lipinski definition) is 0. The highest BCUT2D eigenvalue weighted by atomic mass is 35.5. The summed E-state index contributed by atoms with van der Waals surface area (Å²) in [4.78, 5) is 21.0. The molecule has 0 aliphatic carbocycles. The minimum absolute atomic E-state index is 0.270. The molecule has 0 radical (unpaired) electrons. The minimum Gasteiger partial charge on any atom is -0.466 e. The molecule has 1 aromatic heterocycles. The summed E-state index contributed by atoms with van der Waals surface area (Å²) >= 11 is 6.22. The van der Waals surface area contributed by atoms with Crippen LogP contribution in [0.5, 0.6) is 5.88 Å². The van der Waals surface area contributed by atoms with Gasteiger partial charge in [0.2, 0.25) is 5.88 Å².